The average Bonchev–Trinajstić information content (AvgIpc) is 3.32. The van der Waals surface area contributed by atoms with Crippen molar-refractivity contribution in [1.29, 1.82) is 0 Å². The number of rotatable bonds is 4. The third-order valence-corrected chi connectivity index (χ3v) is 4.34. The zero-order valence-corrected chi connectivity index (χ0v) is 17.7. The van der Waals surface area contributed by atoms with Crippen molar-refractivity contribution in [3.63, 3.8) is 0 Å². The van der Waals surface area contributed by atoms with Crippen LogP contribution in [0.1, 0.15) is 49.6 Å². The van der Waals surface area contributed by atoms with Gasteiger partial charge >= 0.3 is 0 Å². The number of allylic oxidation sites excluding steroid dienone is 1. The highest BCUT2D eigenvalue weighted by Crippen LogP contribution is 2.14. The molecule has 4 rings (SSSR count). The van der Waals surface area contributed by atoms with Gasteiger partial charge in [0.05, 0.1) is 5.71 Å². The topological polar surface area (TPSA) is 25.2 Å². The average molecular weight is 385 g/mol. The van der Waals surface area contributed by atoms with Crippen LogP contribution in [0.3, 0.4) is 0 Å². The fourth-order valence-corrected chi connectivity index (χ4v) is 2.82. The lowest BCUT2D eigenvalue weighted by Gasteiger charge is -2.05. The molecule has 0 saturated heterocycles. The first-order chi connectivity index (χ1) is 14.2. The van der Waals surface area contributed by atoms with Gasteiger partial charge in [-0.2, -0.15) is 0 Å². The van der Waals surface area contributed by atoms with E-state index in [1.165, 1.54) is 16.7 Å². The van der Waals surface area contributed by atoms with Crippen LogP contribution in [0.25, 0.3) is 6.08 Å². The molecule has 0 aliphatic carbocycles. The molecule has 29 heavy (non-hydrogen) atoms. The van der Waals surface area contributed by atoms with Crippen LogP contribution in [0.15, 0.2) is 96.8 Å². The SMILES string of the molecule is C=Cc1ccc(Cc2cc(C3=NC=CC3)ccn2)cc1.CC.Cc1ccccc1.[HH]. The van der Waals surface area contributed by atoms with Gasteiger partial charge in [-0.1, -0.05) is 92.7 Å². The minimum atomic E-state index is 0. The molecule has 2 nitrogen and oxygen atoms in total. The largest absolute Gasteiger partial charge is 0.261 e. The Balaban J connectivity index is 0.000000381. The first kappa shape index (κ1) is 22.0. The third kappa shape index (κ3) is 7.34. The molecule has 0 N–H and O–H groups in total. The molecule has 1 aliphatic heterocycles. The summed E-state index contributed by atoms with van der Waals surface area (Å²) in [6.45, 7) is 9.85. The van der Waals surface area contributed by atoms with E-state index in [1.807, 2.05) is 56.6 Å². The van der Waals surface area contributed by atoms with Gasteiger partial charge < -0.3 is 0 Å². The van der Waals surface area contributed by atoms with Gasteiger partial charge in [-0.3, -0.25) is 9.98 Å². The van der Waals surface area contributed by atoms with Crippen molar-refractivity contribution in [2.24, 2.45) is 4.99 Å². The van der Waals surface area contributed by atoms with Crippen LogP contribution in [0, 0.1) is 6.92 Å². The molecule has 0 spiro atoms. The Morgan fingerprint density at radius 1 is 1.00 bits per heavy atom. The molecule has 1 aliphatic rings. The summed E-state index contributed by atoms with van der Waals surface area (Å²) in [4.78, 5) is 8.83. The second kappa shape index (κ2) is 12.2. The number of nitrogens with zero attached hydrogens (tertiary/aromatic N) is 2. The number of aryl methyl sites for hydroxylation is 1. The van der Waals surface area contributed by atoms with Crippen LogP contribution in [0.5, 0.6) is 0 Å². The zero-order chi connectivity index (χ0) is 20.9. The minimum Gasteiger partial charge on any atom is -0.261 e. The second-order valence-corrected chi connectivity index (χ2v) is 6.48. The molecule has 0 atom stereocenters. The normalized spacial score (nSPS) is 11.5. The van der Waals surface area contributed by atoms with E-state index in [0.717, 1.165) is 29.8 Å². The number of aliphatic imine (C=N–C) groups is 1. The summed E-state index contributed by atoms with van der Waals surface area (Å²) >= 11 is 0. The summed E-state index contributed by atoms with van der Waals surface area (Å²) in [7, 11) is 0. The molecule has 1 aromatic heterocycles. The lowest BCUT2D eigenvalue weighted by molar-refractivity contribution is 1.07. The Morgan fingerprint density at radius 2 is 1.72 bits per heavy atom. The van der Waals surface area contributed by atoms with Gasteiger partial charge in [0.25, 0.3) is 0 Å². The minimum absolute atomic E-state index is 0. The third-order valence-electron chi connectivity index (χ3n) is 4.34. The summed E-state index contributed by atoms with van der Waals surface area (Å²) in [5.74, 6) is 0. The Kier molecular flexibility index (Phi) is 9.31. The quantitative estimate of drug-likeness (QED) is 0.463. The van der Waals surface area contributed by atoms with Crippen molar-refractivity contribution in [2.75, 3.05) is 0 Å². The number of hydrogen-bond donors (Lipinski definition) is 0. The van der Waals surface area contributed by atoms with Gasteiger partial charge in [0.15, 0.2) is 0 Å². The Labute approximate surface area is 176 Å². The van der Waals surface area contributed by atoms with E-state index in [1.54, 1.807) is 0 Å². The fourth-order valence-electron chi connectivity index (χ4n) is 2.82. The van der Waals surface area contributed by atoms with Crippen molar-refractivity contribution in [1.82, 2.24) is 4.98 Å². The molecule has 2 heteroatoms. The van der Waals surface area contributed by atoms with Crippen LogP contribution in [0.4, 0.5) is 0 Å². The number of hydrogen-bond acceptors (Lipinski definition) is 2. The molecule has 0 bridgehead atoms. The smallest absolute Gasteiger partial charge is 0.0515 e. The van der Waals surface area contributed by atoms with Crippen LogP contribution < -0.4 is 0 Å². The van der Waals surface area contributed by atoms with Crippen molar-refractivity contribution < 1.29 is 1.43 Å². The highest BCUT2D eigenvalue weighted by Gasteiger charge is 2.06. The summed E-state index contributed by atoms with van der Waals surface area (Å²) in [5.41, 5.74) is 7.08. The fraction of sp³-hybridized carbons (Fsp3) is 0.185. The van der Waals surface area contributed by atoms with Crippen LogP contribution >= 0.6 is 0 Å². The summed E-state index contributed by atoms with van der Waals surface area (Å²) in [6.07, 6.45) is 9.41. The Morgan fingerprint density at radius 3 is 2.28 bits per heavy atom. The summed E-state index contributed by atoms with van der Waals surface area (Å²) in [5, 5.41) is 0. The van der Waals surface area contributed by atoms with E-state index in [2.05, 4.69) is 72.0 Å². The number of pyridine rings is 1. The predicted molar refractivity (Wildman–Crippen MR) is 129 cm³/mol. The molecule has 0 amide bonds. The van der Waals surface area contributed by atoms with Gasteiger partial charge in [0.2, 0.25) is 0 Å². The summed E-state index contributed by atoms with van der Waals surface area (Å²) < 4.78 is 0. The first-order valence-electron chi connectivity index (χ1n) is 10.1. The molecule has 0 radical (unpaired) electrons. The molecule has 0 unspecified atom stereocenters. The van der Waals surface area contributed by atoms with Gasteiger partial charge in [-0.25, -0.2) is 0 Å². The highest BCUT2D eigenvalue weighted by molar-refractivity contribution is 6.02. The van der Waals surface area contributed by atoms with E-state index >= 15 is 0 Å². The maximum absolute atomic E-state index is 4.45. The van der Waals surface area contributed by atoms with Gasteiger partial charge in [0, 0.05) is 32.4 Å². The maximum atomic E-state index is 4.45. The maximum Gasteiger partial charge on any atom is 0.0515 e. The van der Waals surface area contributed by atoms with Crippen molar-refractivity contribution in [2.45, 2.75) is 33.6 Å². The number of aromatic nitrogens is 1. The number of benzene rings is 2. The van der Waals surface area contributed by atoms with Crippen molar-refractivity contribution in [3.8, 4) is 0 Å². The highest BCUT2D eigenvalue weighted by atomic mass is 14.7. The molecular weight excluding hydrogens is 352 g/mol. The first-order valence-corrected chi connectivity index (χ1v) is 10.1. The molecule has 2 heterocycles. The molecular formula is C27H32N2. The van der Waals surface area contributed by atoms with Crippen LogP contribution in [0.2, 0.25) is 0 Å². The van der Waals surface area contributed by atoms with Crippen molar-refractivity contribution >= 4 is 11.8 Å². The summed E-state index contributed by atoms with van der Waals surface area (Å²) in [6, 6.07) is 22.8. The monoisotopic (exact) mass is 384 g/mol. The Hall–Kier alpha value is -3.26. The van der Waals surface area contributed by atoms with E-state index in [4.69, 9.17) is 0 Å². The lowest BCUT2D eigenvalue weighted by Crippen LogP contribution is -2.00. The van der Waals surface area contributed by atoms with Gasteiger partial charge in [-0.15, -0.1) is 0 Å². The predicted octanol–water partition coefficient (Wildman–Crippen LogP) is 7.29. The van der Waals surface area contributed by atoms with E-state index in [-0.39, 0.29) is 1.43 Å². The standard InChI is InChI=1S/C18H16N2.C7H8.C2H6.H2/c1-2-14-5-7-15(8-6-14)12-17-13-16(9-11-19-17)18-4-3-10-20-18;1-7-5-3-2-4-6-7;1-2;/h2-3,5-11,13H,1,4,12H2;2-6H,1H3;1-2H3;1H. The lowest BCUT2D eigenvalue weighted by atomic mass is 10.0. The van der Waals surface area contributed by atoms with Crippen LogP contribution in [-0.2, 0) is 6.42 Å². The molecule has 3 aromatic rings. The van der Waals surface area contributed by atoms with Gasteiger partial charge in [0.1, 0.15) is 0 Å². The Bertz CT molecular complexity index is 942. The second-order valence-electron chi connectivity index (χ2n) is 6.48. The van der Waals surface area contributed by atoms with E-state index < -0.39 is 0 Å². The van der Waals surface area contributed by atoms with Crippen LogP contribution in [-0.4, -0.2) is 10.7 Å². The molecule has 2 aromatic carbocycles. The molecule has 150 valence electrons. The van der Waals surface area contributed by atoms with Crippen molar-refractivity contribution in [3.05, 3.63) is 120 Å². The zero-order valence-electron chi connectivity index (χ0n) is 17.7. The molecule has 0 fully saturated rings. The van der Waals surface area contributed by atoms with Gasteiger partial charge in [-0.05, 0) is 35.7 Å². The molecule has 0 saturated carbocycles. The van der Waals surface area contributed by atoms with E-state index in [0.29, 0.717) is 0 Å². The van der Waals surface area contributed by atoms with E-state index in [9.17, 15) is 0 Å².